The van der Waals surface area contributed by atoms with E-state index in [-0.39, 0.29) is 10.6 Å². The van der Waals surface area contributed by atoms with Crippen LogP contribution in [-0.2, 0) is 20.4 Å². The fourth-order valence-corrected chi connectivity index (χ4v) is 3.02. The van der Waals surface area contributed by atoms with Crippen molar-refractivity contribution in [2.75, 3.05) is 0 Å². The molecular formula is C11H12ClFO4S. The molecule has 0 radical (unpaired) electrons. The molecule has 7 heteroatoms. The minimum absolute atomic E-state index is 0.133. The molecule has 0 aromatic heterocycles. The van der Waals surface area contributed by atoms with Gasteiger partial charge in [-0.25, -0.2) is 12.8 Å². The van der Waals surface area contributed by atoms with Crippen LogP contribution in [0.3, 0.4) is 0 Å². The number of carbonyl (C=O) groups is 1. The van der Waals surface area contributed by atoms with E-state index in [1.165, 1.54) is 19.1 Å². The summed E-state index contributed by atoms with van der Waals surface area (Å²) < 4.78 is 36.9. The van der Waals surface area contributed by atoms with Crippen molar-refractivity contribution in [1.82, 2.24) is 0 Å². The summed E-state index contributed by atoms with van der Waals surface area (Å²) in [7, 11) is -3.68. The largest absolute Gasteiger partial charge is 0.481 e. The van der Waals surface area contributed by atoms with E-state index in [1.807, 2.05) is 0 Å². The Morgan fingerprint density at radius 3 is 2.67 bits per heavy atom. The van der Waals surface area contributed by atoms with E-state index in [4.69, 9.17) is 16.7 Å². The van der Waals surface area contributed by atoms with E-state index in [0.717, 1.165) is 6.07 Å². The van der Waals surface area contributed by atoms with Crippen molar-refractivity contribution in [2.45, 2.75) is 24.3 Å². The minimum atomic E-state index is -3.68. The van der Waals surface area contributed by atoms with E-state index in [2.05, 4.69) is 0 Å². The molecule has 0 aliphatic carbocycles. The summed E-state index contributed by atoms with van der Waals surface area (Å²) in [6, 6.07) is 3.88. The monoisotopic (exact) mass is 294 g/mol. The summed E-state index contributed by atoms with van der Waals surface area (Å²) in [4.78, 5) is 10.5. The van der Waals surface area contributed by atoms with Crippen molar-refractivity contribution < 1.29 is 22.7 Å². The molecule has 0 saturated carbocycles. The Morgan fingerprint density at radius 2 is 2.11 bits per heavy atom. The van der Waals surface area contributed by atoms with Gasteiger partial charge in [-0.2, -0.15) is 0 Å². The molecule has 4 nitrogen and oxygen atoms in total. The van der Waals surface area contributed by atoms with E-state index < -0.39 is 39.0 Å². The van der Waals surface area contributed by atoms with Gasteiger partial charge in [0.25, 0.3) is 0 Å². The molecule has 18 heavy (non-hydrogen) atoms. The fourth-order valence-electron chi connectivity index (χ4n) is 1.39. The third kappa shape index (κ3) is 3.68. The predicted octanol–water partition coefficient (Wildman–Crippen LogP) is 2.26. The average molecular weight is 295 g/mol. The molecule has 0 fully saturated rings. The second-order valence-electron chi connectivity index (χ2n) is 3.93. The zero-order valence-corrected chi connectivity index (χ0v) is 11.1. The van der Waals surface area contributed by atoms with Crippen molar-refractivity contribution in [3.63, 3.8) is 0 Å². The summed E-state index contributed by atoms with van der Waals surface area (Å²) >= 11 is 5.65. The molecule has 1 aromatic carbocycles. The van der Waals surface area contributed by atoms with Gasteiger partial charge < -0.3 is 5.11 Å². The van der Waals surface area contributed by atoms with Crippen LogP contribution in [0.25, 0.3) is 0 Å². The highest BCUT2D eigenvalue weighted by molar-refractivity contribution is 7.91. The van der Waals surface area contributed by atoms with Crippen LogP contribution in [0, 0.1) is 5.82 Å². The predicted molar refractivity (Wildman–Crippen MR) is 65.7 cm³/mol. The van der Waals surface area contributed by atoms with E-state index in [1.54, 1.807) is 0 Å². The minimum Gasteiger partial charge on any atom is -0.481 e. The second kappa shape index (κ2) is 5.67. The number of aliphatic carboxylic acids is 1. The summed E-state index contributed by atoms with van der Waals surface area (Å²) in [6.45, 7) is 1.30. The molecule has 1 N–H and O–H groups in total. The van der Waals surface area contributed by atoms with Crippen molar-refractivity contribution in [3.05, 3.63) is 34.6 Å². The Labute approximate surface area is 109 Å². The molecule has 1 atom stereocenters. The lowest BCUT2D eigenvalue weighted by Crippen LogP contribution is -2.23. The van der Waals surface area contributed by atoms with Gasteiger partial charge in [0.1, 0.15) is 5.82 Å². The zero-order valence-electron chi connectivity index (χ0n) is 9.56. The molecule has 0 amide bonds. The Bertz CT molecular complexity index is 556. The van der Waals surface area contributed by atoms with Gasteiger partial charge in [-0.1, -0.05) is 23.7 Å². The topological polar surface area (TPSA) is 71.4 Å². The molecule has 0 heterocycles. The van der Waals surface area contributed by atoms with E-state index >= 15 is 0 Å². The normalized spacial score (nSPS) is 13.3. The molecule has 1 aromatic rings. The average Bonchev–Trinajstić information content (AvgIpc) is 2.23. The molecule has 100 valence electrons. The lowest BCUT2D eigenvalue weighted by Gasteiger charge is -2.11. The van der Waals surface area contributed by atoms with Gasteiger partial charge in [0.2, 0.25) is 0 Å². The van der Waals surface area contributed by atoms with Gasteiger partial charge in [-0.15, -0.1) is 0 Å². The Balaban J connectivity index is 2.96. The maximum atomic E-state index is 13.1. The molecule has 1 rings (SSSR count). The molecule has 0 aliphatic rings. The first kappa shape index (κ1) is 14.9. The molecular weight excluding hydrogens is 283 g/mol. The van der Waals surface area contributed by atoms with E-state index in [0.29, 0.717) is 0 Å². The van der Waals surface area contributed by atoms with Crippen LogP contribution in [0.2, 0.25) is 5.02 Å². The molecule has 0 saturated heterocycles. The Morgan fingerprint density at radius 1 is 1.50 bits per heavy atom. The first-order chi connectivity index (χ1) is 8.24. The SMILES string of the molecule is CC(CC(=O)O)S(=O)(=O)Cc1cccc(F)c1Cl. The third-order valence-electron chi connectivity index (χ3n) is 2.46. The van der Waals surface area contributed by atoms with Crippen LogP contribution in [0.1, 0.15) is 18.9 Å². The lowest BCUT2D eigenvalue weighted by atomic mass is 10.2. The quantitative estimate of drug-likeness (QED) is 0.904. The van der Waals surface area contributed by atoms with E-state index in [9.17, 15) is 17.6 Å². The van der Waals surface area contributed by atoms with Gasteiger partial charge in [-0.05, 0) is 18.6 Å². The molecule has 0 spiro atoms. The number of carboxylic acid groups (broad SMARTS) is 1. The van der Waals surface area contributed by atoms with Crippen LogP contribution in [-0.4, -0.2) is 24.7 Å². The zero-order chi connectivity index (χ0) is 13.9. The number of carboxylic acids is 1. The van der Waals surface area contributed by atoms with Crippen LogP contribution < -0.4 is 0 Å². The standard InChI is InChI=1S/C11H12ClFO4S/c1-7(5-10(14)15)18(16,17)6-8-3-2-4-9(13)11(8)12/h2-4,7H,5-6H2,1H3,(H,14,15). The second-order valence-corrected chi connectivity index (χ2v) is 6.73. The highest BCUT2D eigenvalue weighted by Gasteiger charge is 2.25. The number of halogens is 2. The van der Waals surface area contributed by atoms with Crippen molar-refractivity contribution >= 4 is 27.4 Å². The number of hydrogen-bond acceptors (Lipinski definition) is 3. The molecule has 0 bridgehead atoms. The molecule has 1 unspecified atom stereocenters. The lowest BCUT2D eigenvalue weighted by molar-refractivity contribution is -0.136. The maximum Gasteiger partial charge on any atom is 0.304 e. The summed E-state index contributed by atoms with van der Waals surface area (Å²) in [5.74, 6) is -2.37. The maximum absolute atomic E-state index is 13.1. The van der Waals surface area contributed by atoms with Gasteiger partial charge in [0.05, 0.1) is 22.4 Å². The highest BCUT2D eigenvalue weighted by Crippen LogP contribution is 2.23. The third-order valence-corrected chi connectivity index (χ3v) is 4.99. The van der Waals surface area contributed by atoms with Gasteiger partial charge in [0, 0.05) is 0 Å². The van der Waals surface area contributed by atoms with Crippen molar-refractivity contribution in [2.24, 2.45) is 0 Å². The smallest absolute Gasteiger partial charge is 0.304 e. The first-order valence-electron chi connectivity index (χ1n) is 5.10. The Hall–Kier alpha value is -1.14. The van der Waals surface area contributed by atoms with Crippen molar-refractivity contribution in [1.29, 1.82) is 0 Å². The van der Waals surface area contributed by atoms with Gasteiger partial charge in [-0.3, -0.25) is 4.79 Å². The summed E-state index contributed by atoms with van der Waals surface area (Å²) in [6.07, 6.45) is -0.491. The van der Waals surface area contributed by atoms with Gasteiger partial charge >= 0.3 is 5.97 Å². The number of rotatable bonds is 5. The molecule has 0 aliphatic heterocycles. The number of hydrogen-bond donors (Lipinski definition) is 1. The number of benzene rings is 1. The highest BCUT2D eigenvalue weighted by atomic mass is 35.5. The Kier molecular flexibility index (Phi) is 4.70. The number of sulfone groups is 1. The summed E-state index contributed by atoms with van der Waals surface area (Å²) in [5.41, 5.74) is 0.133. The van der Waals surface area contributed by atoms with Crippen molar-refractivity contribution in [3.8, 4) is 0 Å². The van der Waals surface area contributed by atoms with Crippen LogP contribution in [0.15, 0.2) is 18.2 Å². The van der Waals surface area contributed by atoms with Crippen LogP contribution in [0.5, 0.6) is 0 Å². The first-order valence-corrected chi connectivity index (χ1v) is 7.19. The summed E-state index contributed by atoms with van der Waals surface area (Å²) in [5, 5.41) is 7.27. The van der Waals surface area contributed by atoms with Crippen LogP contribution in [0.4, 0.5) is 4.39 Å². The fraction of sp³-hybridized carbons (Fsp3) is 0.364. The van der Waals surface area contributed by atoms with Gasteiger partial charge in [0.15, 0.2) is 9.84 Å². The van der Waals surface area contributed by atoms with Crippen LogP contribution >= 0.6 is 11.6 Å².